The standard InChI is InChI=1S/C11H19N3O2S/c1-2-4-10-13-11(17(12,15)16)8-14(10)7-9-5-3-6-9/h8-9H,2-7H2,1H3,(H2,12,15,16). The Bertz CT molecular complexity index is 489. The minimum absolute atomic E-state index is 0.000253. The highest BCUT2D eigenvalue weighted by atomic mass is 32.2. The Hall–Kier alpha value is -0.880. The Morgan fingerprint density at radius 1 is 1.53 bits per heavy atom. The number of aryl methyl sites for hydroxylation is 1. The first-order valence-electron chi connectivity index (χ1n) is 6.09. The summed E-state index contributed by atoms with van der Waals surface area (Å²) in [5.41, 5.74) is 0. The van der Waals surface area contributed by atoms with Gasteiger partial charge >= 0.3 is 0 Å². The average molecular weight is 257 g/mol. The second kappa shape index (κ2) is 4.78. The van der Waals surface area contributed by atoms with Crippen LogP contribution >= 0.6 is 0 Å². The van der Waals surface area contributed by atoms with E-state index in [0.29, 0.717) is 5.92 Å². The zero-order valence-electron chi connectivity index (χ0n) is 10.1. The van der Waals surface area contributed by atoms with Crippen LogP contribution in [0.1, 0.15) is 38.4 Å². The Balaban J connectivity index is 2.24. The molecule has 96 valence electrons. The van der Waals surface area contributed by atoms with Crippen molar-refractivity contribution in [2.75, 3.05) is 0 Å². The van der Waals surface area contributed by atoms with E-state index in [9.17, 15) is 8.42 Å². The van der Waals surface area contributed by atoms with E-state index in [1.54, 1.807) is 6.20 Å². The molecule has 1 saturated carbocycles. The molecule has 5 nitrogen and oxygen atoms in total. The number of aromatic nitrogens is 2. The lowest BCUT2D eigenvalue weighted by molar-refractivity contribution is 0.273. The van der Waals surface area contributed by atoms with Crippen molar-refractivity contribution in [1.82, 2.24) is 9.55 Å². The van der Waals surface area contributed by atoms with Crippen molar-refractivity contribution in [3.8, 4) is 0 Å². The third-order valence-corrected chi connectivity index (χ3v) is 4.06. The van der Waals surface area contributed by atoms with Crippen molar-refractivity contribution in [3.05, 3.63) is 12.0 Å². The van der Waals surface area contributed by atoms with Crippen LogP contribution in [0.4, 0.5) is 0 Å². The summed E-state index contributed by atoms with van der Waals surface area (Å²) in [6.07, 6.45) is 7.07. The normalized spacial score (nSPS) is 17.1. The second-order valence-corrected chi connectivity index (χ2v) is 6.25. The van der Waals surface area contributed by atoms with Gasteiger partial charge in [0, 0.05) is 19.2 Å². The number of rotatable bonds is 5. The van der Waals surface area contributed by atoms with Crippen LogP contribution in [0.5, 0.6) is 0 Å². The Kier molecular flexibility index (Phi) is 3.53. The highest BCUT2D eigenvalue weighted by molar-refractivity contribution is 7.89. The van der Waals surface area contributed by atoms with Gasteiger partial charge in [0.2, 0.25) is 0 Å². The minimum atomic E-state index is -3.68. The van der Waals surface area contributed by atoms with Crippen LogP contribution in [-0.4, -0.2) is 18.0 Å². The van der Waals surface area contributed by atoms with E-state index in [1.807, 2.05) is 4.57 Å². The highest BCUT2D eigenvalue weighted by Gasteiger charge is 2.21. The molecule has 0 bridgehead atoms. The maximum atomic E-state index is 11.3. The fourth-order valence-electron chi connectivity index (χ4n) is 2.10. The van der Waals surface area contributed by atoms with Gasteiger partial charge in [0.1, 0.15) is 5.82 Å². The molecule has 0 radical (unpaired) electrons. The third-order valence-electron chi connectivity index (χ3n) is 3.28. The number of nitrogens with zero attached hydrogens (tertiary/aromatic N) is 2. The van der Waals surface area contributed by atoms with Crippen molar-refractivity contribution >= 4 is 10.0 Å². The zero-order chi connectivity index (χ0) is 12.5. The fourth-order valence-corrected chi connectivity index (χ4v) is 2.61. The predicted molar refractivity (Wildman–Crippen MR) is 64.9 cm³/mol. The van der Waals surface area contributed by atoms with Gasteiger partial charge in [-0.3, -0.25) is 0 Å². The van der Waals surface area contributed by atoms with Gasteiger partial charge in [-0.1, -0.05) is 13.3 Å². The van der Waals surface area contributed by atoms with Crippen LogP contribution < -0.4 is 5.14 Å². The van der Waals surface area contributed by atoms with Crippen LogP contribution in [0.2, 0.25) is 0 Å². The molecule has 2 N–H and O–H groups in total. The van der Waals surface area contributed by atoms with E-state index in [2.05, 4.69) is 11.9 Å². The molecule has 0 aromatic carbocycles. The Labute approximate surface area is 102 Å². The fraction of sp³-hybridized carbons (Fsp3) is 0.727. The summed E-state index contributed by atoms with van der Waals surface area (Å²) in [4.78, 5) is 4.13. The zero-order valence-corrected chi connectivity index (χ0v) is 10.9. The summed E-state index contributed by atoms with van der Waals surface area (Å²) in [5, 5.41) is 5.11. The SMILES string of the molecule is CCCc1nc(S(N)(=O)=O)cn1CC1CCC1. The first kappa shape index (κ1) is 12.6. The van der Waals surface area contributed by atoms with Crippen molar-refractivity contribution < 1.29 is 8.42 Å². The maximum absolute atomic E-state index is 11.3. The minimum Gasteiger partial charge on any atom is -0.333 e. The van der Waals surface area contributed by atoms with Gasteiger partial charge in [-0.05, 0) is 25.2 Å². The van der Waals surface area contributed by atoms with Gasteiger partial charge in [-0.15, -0.1) is 0 Å². The topological polar surface area (TPSA) is 78.0 Å². The molecule has 1 aliphatic rings. The molecule has 0 spiro atoms. The summed E-state index contributed by atoms with van der Waals surface area (Å²) in [5.74, 6) is 1.51. The van der Waals surface area contributed by atoms with Gasteiger partial charge in [0.15, 0.2) is 5.03 Å². The predicted octanol–water partition coefficient (Wildman–Crippen LogP) is 1.28. The number of primary sulfonamides is 1. The number of nitrogens with two attached hydrogens (primary N) is 1. The molecule has 0 aliphatic heterocycles. The van der Waals surface area contributed by atoms with E-state index < -0.39 is 10.0 Å². The molecule has 0 atom stereocenters. The molecule has 1 fully saturated rings. The lowest BCUT2D eigenvalue weighted by Crippen LogP contribution is -2.19. The molecule has 17 heavy (non-hydrogen) atoms. The summed E-state index contributed by atoms with van der Waals surface area (Å²) in [7, 11) is -3.68. The number of imidazole rings is 1. The molecule has 0 unspecified atom stereocenters. The number of hydrogen-bond donors (Lipinski definition) is 1. The van der Waals surface area contributed by atoms with Gasteiger partial charge in [-0.25, -0.2) is 18.5 Å². The number of sulfonamides is 1. The molecule has 6 heteroatoms. The monoisotopic (exact) mass is 257 g/mol. The van der Waals surface area contributed by atoms with Crippen LogP contribution in [0, 0.1) is 5.92 Å². The van der Waals surface area contributed by atoms with Crippen LogP contribution in [-0.2, 0) is 23.0 Å². The highest BCUT2D eigenvalue weighted by Crippen LogP contribution is 2.28. The molecule has 1 aromatic heterocycles. The second-order valence-electron chi connectivity index (χ2n) is 4.74. The van der Waals surface area contributed by atoms with Gasteiger partial charge < -0.3 is 4.57 Å². The van der Waals surface area contributed by atoms with E-state index in [4.69, 9.17) is 5.14 Å². The average Bonchev–Trinajstić information content (AvgIpc) is 2.55. The maximum Gasteiger partial charge on any atom is 0.257 e. The summed E-state index contributed by atoms with van der Waals surface area (Å²) in [6.45, 7) is 2.93. The van der Waals surface area contributed by atoms with Crippen LogP contribution in [0.15, 0.2) is 11.2 Å². The molecule has 1 aromatic rings. The van der Waals surface area contributed by atoms with Crippen LogP contribution in [0.25, 0.3) is 0 Å². The molecule has 0 amide bonds. The Morgan fingerprint density at radius 2 is 2.24 bits per heavy atom. The van der Waals surface area contributed by atoms with Gasteiger partial charge in [0.25, 0.3) is 10.0 Å². The lowest BCUT2D eigenvalue weighted by atomic mass is 9.85. The summed E-state index contributed by atoms with van der Waals surface area (Å²) < 4.78 is 24.5. The third kappa shape index (κ3) is 2.87. The van der Waals surface area contributed by atoms with Crippen molar-refractivity contribution in [3.63, 3.8) is 0 Å². The molecule has 0 saturated heterocycles. The molecule has 2 rings (SSSR count). The van der Waals surface area contributed by atoms with Gasteiger partial charge in [0.05, 0.1) is 0 Å². The lowest BCUT2D eigenvalue weighted by Gasteiger charge is -2.26. The van der Waals surface area contributed by atoms with E-state index in [0.717, 1.165) is 25.2 Å². The Morgan fingerprint density at radius 3 is 2.71 bits per heavy atom. The van der Waals surface area contributed by atoms with E-state index in [1.165, 1.54) is 19.3 Å². The van der Waals surface area contributed by atoms with Crippen molar-refractivity contribution in [2.24, 2.45) is 11.1 Å². The first-order chi connectivity index (χ1) is 8.00. The number of hydrogen-bond acceptors (Lipinski definition) is 3. The van der Waals surface area contributed by atoms with Gasteiger partial charge in [-0.2, -0.15) is 0 Å². The molecule has 1 aliphatic carbocycles. The summed E-state index contributed by atoms with van der Waals surface area (Å²) >= 11 is 0. The molecule has 1 heterocycles. The van der Waals surface area contributed by atoms with Crippen molar-refractivity contribution in [1.29, 1.82) is 0 Å². The quantitative estimate of drug-likeness (QED) is 0.863. The van der Waals surface area contributed by atoms with Crippen molar-refractivity contribution in [2.45, 2.75) is 50.6 Å². The first-order valence-corrected chi connectivity index (χ1v) is 7.64. The smallest absolute Gasteiger partial charge is 0.257 e. The largest absolute Gasteiger partial charge is 0.333 e. The molecular weight excluding hydrogens is 238 g/mol. The molecular formula is C11H19N3O2S. The van der Waals surface area contributed by atoms with E-state index >= 15 is 0 Å². The van der Waals surface area contributed by atoms with Crippen LogP contribution in [0.3, 0.4) is 0 Å². The van der Waals surface area contributed by atoms with E-state index in [-0.39, 0.29) is 5.03 Å². The summed E-state index contributed by atoms with van der Waals surface area (Å²) in [6, 6.07) is 0.